The molecule has 0 unspecified atom stereocenters. The lowest BCUT2D eigenvalue weighted by atomic mass is 10.1. The number of nitrogens with zero attached hydrogens (tertiary/aromatic N) is 2. The Morgan fingerprint density at radius 1 is 1.06 bits per heavy atom. The van der Waals surface area contributed by atoms with E-state index in [-0.39, 0.29) is 16.6 Å². The molecule has 0 atom stereocenters. The van der Waals surface area contributed by atoms with Crippen molar-refractivity contribution in [3.63, 3.8) is 0 Å². The number of rotatable bonds is 15. The fraction of sp³-hybridized carbons (Fsp3) is 0.600. The Hall–Kier alpha value is -2.48. The molecular formula is C25H37F2N3O3. The first kappa shape index (κ1) is 26.8. The summed E-state index contributed by atoms with van der Waals surface area (Å²) >= 11 is 0. The van der Waals surface area contributed by atoms with E-state index >= 15 is 4.39 Å². The van der Waals surface area contributed by atoms with Gasteiger partial charge in [0.25, 0.3) is 0 Å². The van der Waals surface area contributed by atoms with Gasteiger partial charge >= 0.3 is 5.97 Å². The number of aryl methyl sites for hydroxylation is 1. The number of hydrogen-bond acceptors (Lipinski definition) is 4. The van der Waals surface area contributed by atoms with E-state index in [0.717, 1.165) is 31.9 Å². The van der Waals surface area contributed by atoms with E-state index in [1.807, 2.05) is 19.0 Å². The summed E-state index contributed by atoms with van der Waals surface area (Å²) in [5.41, 5.74) is -1.69. The number of fused-ring (bicyclic) bond motifs is 1. The van der Waals surface area contributed by atoms with Crippen molar-refractivity contribution < 1.29 is 18.7 Å². The van der Waals surface area contributed by atoms with Crippen LogP contribution in [0.4, 0.5) is 14.5 Å². The lowest BCUT2D eigenvalue weighted by Gasteiger charge is -2.17. The Bertz CT molecular complexity index is 989. The van der Waals surface area contributed by atoms with Crippen LogP contribution in [0.1, 0.15) is 75.1 Å². The molecule has 0 saturated heterocycles. The highest BCUT2D eigenvalue weighted by atomic mass is 19.1. The second-order valence-electron chi connectivity index (χ2n) is 8.87. The van der Waals surface area contributed by atoms with Gasteiger partial charge in [-0.25, -0.2) is 13.6 Å². The monoisotopic (exact) mass is 465 g/mol. The number of aromatic nitrogens is 1. The van der Waals surface area contributed by atoms with Gasteiger partial charge in [0.2, 0.25) is 5.43 Å². The topological polar surface area (TPSA) is 74.6 Å². The van der Waals surface area contributed by atoms with Gasteiger partial charge in [-0.05, 0) is 39.5 Å². The van der Waals surface area contributed by atoms with Crippen LogP contribution in [-0.2, 0) is 6.54 Å². The molecule has 1 aromatic heterocycles. The third-order valence-electron chi connectivity index (χ3n) is 5.82. The van der Waals surface area contributed by atoms with Crippen LogP contribution in [0.3, 0.4) is 0 Å². The molecule has 2 rings (SSSR count). The Kier molecular flexibility index (Phi) is 10.8. The van der Waals surface area contributed by atoms with Crippen molar-refractivity contribution in [2.24, 2.45) is 0 Å². The molecule has 1 heterocycles. The molecule has 0 saturated carbocycles. The van der Waals surface area contributed by atoms with Gasteiger partial charge in [-0.3, -0.25) is 4.79 Å². The van der Waals surface area contributed by atoms with Crippen molar-refractivity contribution >= 4 is 22.6 Å². The van der Waals surface area contributed by atoms with E-state index in [9.17, 15) is 19.1 Å². The summed E-state index contributed by atoms with van der Waals surface area (Å²) < 4.78 is 31.6. The molecule has 0 amide bonds. The summed E-state index contributed by atoms with van der Waals surface area (Å²) in [4.78, 5) is 26.2. The zero-order valence-electron chi connectivity index (χ0n) is 20.1. The highest BCUT2D eigenvalue weighted by Crippen LogP contribution is 2.27. The Morgan fingerprint density at radius 3 is 2.30 bits per heavy atom. The van der Waals surface area contributed by atoms with Crippen molar-refractivity contribution in [2.75, 3.05) is 32.5 Å². The van der Waals surface area contributed by atoms with Crippen LogP contribution >= 0.6 is 0 Å². The minimum absolute atomic E-state index is 0.0514. The molecule has 2 aromatic rings. The summed E-state index contributed by atoms with van der Waals surface area (Å²) in [6.07, 6.45) is 10.5. The highest BCUT2D eigenvalue weighted by molar-refractivity contribution is 5.93. The second-order valence-corrected chi connectivity index (χ2v) is 8.87. The maximum atomic E-state index is 15.4. The standard InChI is InChI=1S/C25H37F2N3O3/c1-4-5-6-7-8-9-10-11-15-30-17-19(25(32)33)24(31)18-16-20(26)22(21(27)23(18)30)28-13-12-14-29(2)3/h16-17,28H,4-15H2,1-3H3,(H,32,33). The molecule has 2 N–H and O–H groups in total. The normalized spacial score (nSPS) is 11.5. The van der Waals surface area contributed by atoms with Crippen molar-refractivity contribution in [2.45, 2.75) is 71.3 Å². The maximum Gasteiger partial charge on any atom is 0.341 e. The highest BCUT2D eigenvalue weighted by Gasteiger charge is 2.22. The number of carbonyl (C=O) groups is 1. The summed E-state index contributed by atoms with van der Waals surface area (Å²) in [5.74, 6) is -3.16. The lowest BCUT2D eigenvalue weighted by Crippen LogP contribution is -2.21. The molecule has 6 nitrogen and oxygen atoms in total. The van der Waals surface area contributed by atoms with Gasteiger partial charge in [0.15, 0.2) is 5.82 Å². The molecule has 33 heavy (non-hydrogen) atoms. The molecule has 0 aliphatic carbocycles. The van der Waals surface area contributed by atoms with E-state index in [4.69, 9.17) is 0 Å². The number of aromatic carboxylic acids is 1. The van der Waals surface area contributed by atoms with Gasteiger partial charge in [0.05, 0.1) is 10.9 Å². The SMILES string of the molecule is CCCCCCCCCCn1cc(C(=O)O)c(=O)c2cc(F)c(NCCCN(C)C)c(F)c21. The quantitative estimate of drug-likeness (QED) is 0.341. The number of pyridine rings is 1. The predicted molar refractivity (Wildman–Crippen MR) is 129 cm³/mol. The van der Waals surface area contributed by atoms with E-state index in [1.54, 1.807) is 0 Å². The number of unbranched alkanes of at least 4 members (excludes halogenated alkanes) is 7. The summed E-state index contributed by atoms with van der Waals surface area (Å²) in [7, 11) is 3.84. The molecular weight excluding hydrogens is 428 g/mol. The predicted octanol–water partition coefficient (Wildman–Crippen LogP) is 5.48. The molecule has 184 valence electrons. The van der Waals surface area contributed by atoms with Crippen LogP contribution in [0, 0.1) is 11.6 Å². The second kappa shape index (κ2) is 13.3. The number of carboxylic acid groups (broad SMARTS) is 1. The minimum Gasteiger partial charge on any atom is -0.477 e. The summed E-state index contributed by atoms with van der Waals surface area (Å²) in [5, 5.41) is 12.0. The molecule has 1 aromatic carbocycles. The number of carboxylic acids is 1. The first-order chi connectivity index (χ1) is 15.8. The molecule has 8 heteroatoms. The van der Waals surface area contributed by atoms with Gasteiger partial charge in [0.1, 0.15) is 17.1 Å². The van der Waals surface area contributed by atoms with Crippen molar-refractivity contribution in [3.8, 4) is 0 Å². The van der Waals surface area contributed by atoms with Crippen LogP contribution < -0.4 is 10.7 Å². The van der Waals surface area contributed by atoms with E-state index < -0.39 is 28.6 Å². The molecule has 0 aliphatic rings. The van der Waals surface area contributed by atoms with Gasteiger partial charge in [-0.2, -0.15) is 0 Å². The number of hydrogen-bond donors (Lipinski definition) is 2. The first-order valence-corrected chi connectivity index (χ1v) is 11.9. The number of halogens is 2. The van der Waals surface area contributed by atoms with Crippen LogP contribution in [0.15, 0.2) is 17.1 Å². The number of nitrogens with one attached hydrogen (secondary N) is 1. The van der Waals surface area contributed by atoms with E-state index in [1.165, 1.54) is 36.4 Å². The Balaban J connectivity index is 2.26. The minimum atomic E-state index is -1.40. The zero-order chi connectivity index (χ0) is 24.4. The molecule has 0 radical (unpaired) electrons. The molecule has 0 fully saturated rings. The van der Waals surface area contributed by atoms with Gasteiger partial charge in [0, 0.05) is 19.3 Å². The van der Waals surface area contributed by atoms with E-state index in [0.29, 0.717) is 25.9 Å². The number of anilines is 1. The third kappa shape index (κ3) is 7.52. The van der Waals surface area contributed by atoms with Crippen molar-refractivity contribution in [3.05, 3.63) is 39.7 Å². The average Bonchev–Trinajstić information content (AvgIpc) is 2.75. The van der Waals surface area contributed by atoms with Crippen molar-refractivity contribution in [1.82, 2.24) is 9.47 Å². The fourth-order valence-electron chi connectivity index (χ4n) is 4.00. The smallest absolute Gasteiger partial charge is 0.341 e. The van der Waals surface area contributed by atoms with Gasteiger partial charge < -0.3 is 19.9 Å². The fourth-order valence-corrected chi connectivity index (χ4v) is 4.00. The van der Waals surface area contributed by atoms with Crippen LogP contribution in [0.25, 0.3) is 10.9 Å². The molecule has 0 bridgehead atoms. The third-order valence-corrected chi connectivity index (χ3v) is 5.82. The summed E-state index contributed by atoms with van der Waals surface area (Å²) in [6.45, 7) is 3.66. The Labute approximate surface area is 194 Å². The van der Waals surface area contributed by atoms with Crippen LogP contribution in [-0.4, -0.2) is 47.7 Å². The number of benzene rings is 1. The van der Waals surface area contributed by atoms with Gasteiger partial charge in [-0.15, -0.1) is 0 Å². The van der Waals surface area contributed by atoms with Crippen LogP contribution in [0.5, 0.6) is 0 Å². The lowest BCUT2D eigenvalue weighted by molar-refractivity contribution is 0.0694. The largest absolute Gasteiger partial charge is 0.477 e. The molecule has 0 spiro atoms. The van der Waals surface area contributed by atoms with Crippen molar-refractivity contribution in [1.29, 1.82) is 0 Å². The maximum absolute atomic E-state index is 15.4. The summed E-state index contributed by atoms with van der Waals surface area (Å²) in [6, 6.07) is 0.950. The van der Waals surface area contributed by atoms with Gasteiger partial charge in [-0.1, -0.05) is 51.9 Å². The zero-order valence-corrected chi connectivity index (χ0v) is 20.1. The molecule has 0 aliphatic heterocycles. The average molecular weight is 466 g/mol. The first-order valence-electron chi connectivity index (χ1n) is 11.9. The van der Waals surface area contributed by atoms with Crippen LogP contribution in [0.2, 0.25) is 0 Å². The van der Waals surface area contributed by atoms with E-state index in [2.05, 4.69) is 12.2 Å². The Morgan fingerprint density at radius 2 is 1.70 bits per heavy atom.